The van der Waals surface area contributed by atoms with Crippen LogP contribution in [0.3, 0.4) is 0 Å². The van der Waals surface area contributed by atoms with Gasteiger partial charge in [0.1, 0.15) is 6.54 Å². The molecule has 2 N–H and O–H groups in total. The van der Waals surface area contributed by atoms with Crippen molar-refractivity contribution in [2.75, 3.05) is 13.1 Å². The number of carbonyl (C=O) groups is 1. The van der Waals surface area contributed by atoms with E-state index in [0.717, 1.165) is 12.1 Å². The highest BCUT2D eigenvalue weighted by molar-refractivity contribution is 5.75. The summed E-state index contributed by atoms with van der Waals surface area (Å²) in [6.45, 7) is 5.57. The number of nitrogens with one attached hydrogen (secondary N) is 2. The summed E-state index contributed by atoms with van der Waals surface area (Å²) >= 11 is 0. The number of aromatic nitrogens is 4. The molecule has 1 aromatic carbocycles. The molecule has 0 spiro atoms. The first-order chi connectivity index (χ1) is 10.2. The van der Waals surface area contributed by atoms with Crippen molar-refractivity contribution in [2.45, 2.75) is 26.4 Å². The van der Waals surface area contributed by atoms with Gasteiger partial charge in [0.15, 0.2) is 0 Å². The van der Waals surface area contributed by atoms with Gasteiger partial charge in [-0.1, -0.05) is 37.3 Å². The van der Waals surface area contributed by atoms with E-state index in [1.807, 2.05) is 44.2 Å². The highest BCUT2D eigenvalue weighted by atomic mass is 16.2. The van der Waals surface area contributed by atoms with Crippen molar-refractivity contribution in [2.24, 2.45) is 0 Å². The Morgan fingerprint density at radius 2 is 2.10 bits per heavy atom. The van der Waals surface area contributed by atoms with E-state index in [0.29, 0.717) is 12.4 Å². The number of hydrogen-bond donors (Lipinski definition) is 2. The molecule has 1 atom stereocenters. The first-order valence-electron chi connectivity index (χ1n) is 7.02. The van der Waals surface area contributed by atoms with Gasteiger partial charge in [0.25, 0.3) is 0 Å². The minimum atomic E-state index is -0.128. The van der Waals surface area contributed by atoms with E-state index in [1.165, 1.54) is 4.80 Å². The third-order valence-electron chi connectivity index (χ3n) is 2.93. The van der Waals surface area contributed by atoms with E-state index in [4.69, 9.17) is 0 Å². The molecule has 0 aliphatic heterocycles. The highest BCUT2D eigenvalue weighted by Gasteiger charge is 2.09. The normalized spacial score (nSPS) is 12.1. The van der Waals surface area contributed by atoms with Crippen LogP contribution in [0.2, 0.25) is 0 Å². The number of tetrazole rings is 1. The number of amides is 1. The van der Waals surface area contributed by atoms with E-state index >= 15 is 0 Å². The molecule has 112 valence electrons. The van der Waals surface area contributed by atoms with Gasteiger partial charge in [-0.3, -0.25) is 4.79 Å². The lowest BCUT2D eigenvalue weighted by atomic mass is 10.2. The second kappa shape index (κ2) is 7.49. The quantitative estimate of drug-likeness (QED) is 0.773. The maximum Gasteiger partial charge on any atom is 0.243 e. The molecule has 0 unspecified atom stereocenters. The Labute approximate surface area is 123 Å². The molecule has 1 heterocycles. The number of likely N-dealkylation sites (N-methyl/N-ethyl adjacent to an activating group) is 1. The molecule has 0 bridgehead atoms. The highest BCUT2D eigenvalue weighted by Crippen LogP contribution is 2.11. The number of nitrogens with zero attached hydrogens (tertiary/aromatic N) is 4. The average Bonchev–Trinajstić information content (AvgIpc) is 2.95. The zero-order chi connectivity index (χ0) is 15.1. The van der Waals surface area contributed by atoms with Crippen LogP contribution in [0.15, 0.2) is 30.3 Å². The Morgan fingerprint density at radius 1 is 1.33 bits per heavy atom. The molecule has 2 aromatic rings. The molecule has 7 heteroatoms. The van der Waals surface area contributed by atoms with E-state index < -0.39 is 0 Å². The van der Waals surface area contributed by atoms with Crippen molar-refractivity contribution >= 4 is 5.91 Å². The zero-order valence-electron chi connectivity index (χ0n) is 12.3. The standard InChI is InChI=1S/C14H20N6O/c1-3-15-11(2)9-16-13(21)10-20-18-14(17-19-20)12-7-5-4-6-8-12/h4-8,11,15H,3,9-10H2,1-2H3,(H,16,21)/t11-/m1/s1. The summed E-state index contributed by atoms with van der Waals surface area (Å²) in [5, 5.41) is 18.1. The van der Waals surface area contributed by atoms with Gasteiger partial charge in [0.2, 0.25) is 11.7 Å². The predicted molar refractivity (Wildman–Crippen MR) is 79.4 cm³/mol. The van der Waals surface area contributed by atoms with Gasteiger partial charge >= 0.3 is 0 Å². The topological polar surface area (TPSA) is 84.7 Å². The molecular weight excluding hydrogens is 268 g/mol. The van der Waals surface area contributed by atoms with Crippen LogP contribution in [-0.4, -0.2) is 45.2 Å². The number of hydrogen-bond acceptors (Lipinski definition) is 5. The third kappa shape index (κ3) is 4.64. The first-order valence-corrected chi connectivity index (χ1v) is 7.02. The molecule has 7 nitrogen and oxygen atoms in total. The van der Waals surface area contributed by atoms with Gasteiger partial charge in [-0.25, -0.2) is 0 Å². The monoisotopic (exact) mass is 288 g/mol. The average molecular weight is 288 g/mol. The second-order valence-electron chi connectivity index (χ2n) is 4.77. The predicted octanol–water partition coefficient (Wildman–Crippen LogP) is 0.454. The van der Waals surface area contributed by atoms with E-state index in [9.17, 15) is 4.79 Å². The molecule has 1 aromatic heterocycles. The molecular formula is C14H20N6O. The fourth-order valence-electron chi connectivity index (χ4n) is 1.88. The lowest BCUT2D eigenvalue weighted by Crippen LogP contribution is -2.40. The largest absolute Gasteiger partial charge is 0.353 e. The number of carbonyl (C=O) groups excluding carboxylic acids is 1. The lowest BCUT2D eigenvalue weighted by Gasteiger charge is -2.12. The Bertz CT molecular complexity index is 568. The van der Waals surface area contributed by atoms with Crippen LogP contribution in [0.5, 0.6) is 0 Å². The van der Waals surface area contributed by atoms with Gasteiger partial charge < -0.3 is 10.6 Å². The van der Waals surface area contributed by atoms with Crippen LogP contribution in [0, 0.1) is 0 Å². The number of benzene rings is 1. The van der Waals surface area contributed by atoms with Gasteiger partial charge in [0, 0.05) is 18.2 Å². The van der Waals surface area contributed by atoms with Gasteiger partial charge in [0.05, 0.1) is 0 Å². The van der Waals surface area contributed by atoms with Crippen molar-refractivity contribution in [1.82, 2.24) is 30.8 Å². The summed E-state index contributed by atoms with van der Waals surface area (Å²) in [5.41, 5.74) is 0.880. The van der Waals surface area contributed by atoms with Gasteiger partial charge in [-0.05, 0) is 18.7 Å². The van der Waals surface area contributed by atoms with Crippen molar-refractivity contribution in [3.05, 3.63) is 30.3 Å². The summed E-state index contributed by atoms with van der Waals surface area (Å²) in [6, 6.07) is 9.78. The lowest BCUT2D eigenvalue weighted by molar-refractivity contribution is -0.122. The molecule has 0 saturated carbocycles. The maximum atomic E-state index is 11.8. The molecule has 1 amide bonds. The molecule has 0 aliphatic rings. The second-order valence-corrected chi connectivity index (χ2v) is 4.77. The Balaban J connectivity index is 1.86. The van der Waals surface area contributed by atoms with E-state index in [-0.39, 0.29) is 18.5 Å². The molecule has 2 rings (SSSR count). The van der Waals surface area contributed by atoms with Crippen LogP contribution >= 0.6 is 0 Å². The van der Waals surface area contributed by atoms with E-state index in [1.54, 1.807) is 0 Å². The number of rotatable bonds is 7. The van der Waals surface area contributed by atoms with Crippen LogP contribution < -0.4 is 10.6 Å². The molecule has 0 saturated heterocycles. The summed E-state index contributed by atoms with van der Waals surface area (Å²) in [5.74, 6) is 0.390. The Morgan fingerprint density at radius 3 is 2.81 bits per heavy atom. The van der Waals surface area contributed by atoms with Crippen LogP contribution in [0.4, 0.5) is 0 Å². The zero-order valence-corrected chi connectivity index (χ0v) is 12.3. The minimum Gasteiger partial charge on any atom is -0.353 e. The fraction of sp³-hybridized carbons (Fsp3) is 0.429. The summed E-state index contributed by atoms with van der Waals surface area (Å²) in [7, 11) is 0. The van der Waals surface area contributed by atoms with E-state index in [2.05, 4.69) is 26.0 Å². The van der Waals surface area contributed by atoms with Crippen molar-refractivity contribution < 1.29 is 4.79 Å². The Kier molecular flexibility index (Phi) is 5.39. The van der Waals surface area contributed by atoms with Crippen molar-refractivity contribution in [3.8, 4) is 11.4 Å². The summed E-state index contributed by atoms with van der Waals surface area (Å²) in [6.07, 6.45) is 0. The summed E-state index contributed by atoms with van der Waals surface area (Å²) < 4.78 is 0. The SMILES string of the molecule is CCN[C@H](C)CNC(=O)Cn1nnc(-c2ccccc2)n1. The molecule has 0 fully saturated rings. The minimum absolute atomic E-state index is 0.0681. The third-order valence-corrected chi connectivity index (χ3v) is 2.93. The van der Waals surface area contributed by atoms with Gasteiger partial charge in [-0.2, -0.15) is 4.80 Å². The first kappa shape index (κ1) is 15.1. The fourth-order valence-corrected chi connectivity index (χ4v) is 1.88. The van der Waals surface area contributed by atoms with Crippen LogP contribution in [0.1, 0.15) is 13.8 Å². The molecule has 0 aliphatic carbocycles. The van der Waals surface area contributed by atoms with Crippen LogP contribution in [-0.2, 0) is 11.3 Å². The molecule has 21 heavy (non-hydrogen) atoms. The van der Waals surface area contributed by atoms with Gasteiger partial charge in [-0.15, -0.1) is 10.2 Å². The summed E-state index contributed by atoms with van der Waals surface area (Å²) in [4.78, 5) is 13.1. The van der Waals surface area contributed by atoms with Crippen LogP contribution in [0.25, 0.3) is 11.4 Å². The van der Waals surface area contributed by atoms with Crippen molar-refractivity contribution in [1.29, 1.82) is 0 Å². The smallest absolute Gasteiger partial charge is 0.243 e. The molecule has 0 radical (unpaired) electrons. The Hall–Kier alpha value is -2.28. The van der Waals surface area contributed by atoms with Crippen molar-refractivity contribution in [3.63, 3.8) is 0 Å². The maximum absolute atomic E-state index is 11.8.